The van der Waals surface area contributed by atoms with E-state index in [2.05, 4.69) is 20.5 Å². The average molecular weight is 238 g/mol. The minimum Gasteiger partial charge on any atom is -0.463 e. The van der Waals surface area contributed by atoms with Crippen molar-refractivity contribution in [3.8, 4) is 6.01 Å². The Balaban J connectivity index is 2.49. The van der Waals surface area contributed by atoms with Gasteiger partial charge in [-0.15, -0.1) is 5.10 Å². The third kappa shape index (κ3) is 2.35. The van der Waals surface area contributed by atoms with Crippen LogP contribution in [0.25, 0.3) is 0 Å². The number of amides is 1. The third-order valence-electron chi connectivity index (χ3n) is 2.13. The van der Waals surface area contributed by atoms with Crippen LogP contribution in [0.15, 0.2) is 5.10 Å². The van der Waals surface area contributed by atoms with Crippen molar-refractivity contribution in [2.24, 2.45) is 5.10 Å². The van der Waals surface area contributed by atoms with Gasteiger partial charge in [-0.05, 0) is 0 Å². The van der Waals surface area contributed by atoms with Gasteiger partial charge in [-0.1, -0.05) is 0 Å². The molecule has 0 bridgehead atoms. The molecular weight excluding hydrogens is 224 g/mol. The standard InChI is InChI=1S/C9H14N6O2/c1-6(16)12-13-8-10-7(14(2)3)11-9-15(8)4-5-17-9/h4-5H2,1-3H3,(H,12,16)/b13-8-. The number of nitrogens with zero attached hydrogens (tertiary/aromatic N) is 5. The van der Waals surface area contributed by atoms with Crippen LogP contribution in [0.2, 0.25) is 0 Å². The van der Waals surface area contributed by atoms with Crippen molar-refractivity contribution in [2.45, 2.75) is 13.5 Å². The Morgan fingerprint density at radius 2 is 2.29 bits per heavy atom. The highest BCUT2D eigenvalue weighted by atomic mass is 16.5. The second-order valence-electron chi connectivity index (χ2n) is 3.78. The Labute approximate surface area is 97.9 Å². The molecule has 0 atom stereocenters. The number of anilines is 1. The maximum Gasteiger partial charge on any atom is 0.302 e. The first kappa shape index (κ1) is 11.4. The average Bonchev–Trinajstić information content (AvgIpc) is 2.73. The van der Waals surface area contributed by atoms with Crippen LogP contribution >= 0.6 is 0 Å². The van der Waals surface area contributed by atoms with E-state index >= 15 is 0 Å². The van der Waals surface area contributed by atoms with Gasteiger partial charge in [-0.3, -0.25) is 9.36 Å². The van der Waals surface area contributed by atoms with Crippen molar-refractivity contribution in [3.05, 3.63) is 5.62 Å². The molecule has 0 aromatic carbocycles. The summed E-state index contributed by atoms with van der Waals surface area (Å²) >= 11 is 0. The van der Waals surface area contributed by atoms with E-state index in [0.717, 1.165) is 0 Å². The molecule has 8 nitrogen and oxygen atoms in total. The van der Waals surface area contributed by atoms with Crippen LogP contribution in [0.5, 0.6) is 6.01 Å². The zero-order valence-corrected chi connectivity index (χ0v) is 9.97. The van der Waals surface area contributed by atoms with Gasteiger partial charge in [0.1, 0.15) is 6.61 Å². The van der Waals surface area contributed by atoms with E-state index in [1.807, 2.05) is 14.1 Å². The molecule has 0 fully saturated rings. The quantitative estimate of drug-likeness (QED) is 0.646. The minimum absolute atomic E-state index is 0.247. The molecule has 0 unspecified atom stereocenters. The number of hydrogen-bond donors (Lipinski definition) is 1. The van der Waals surface area contributed by atoms with Crippen molar-refractivity contribution in [3.63, 3.8) is 0 Å². The van der Waals surface area contributed by atoms with Gasteiger partial charge in [0.2, 0.25) is 11.9 Å². The lowest BCUT2D eigenvalue weighted by Crippen LogP contribution is -2.30. The fourth-order valence-electron chi connectivity index (χ4n) is 1.35. The highest BCUT2D eigenvalue weighted by molar-refractivity contribution is 5.72. The Kier molecular flexibility index (Phi) is 2.94. The van der Waals surface area contributed by atoms with E-state index in [-0.39, 0.29) is 5.91 Å². The van der Waals surface area contributed by atoms with Gasteiger partial charge >= 0.3 is 6.01 Å². The lowest BCUT2D eigenvalue weighted by atomic mass is 10.7. The van der Waals surface area contributed by atoms with Crippen LogP contribution < -0.4 is 20.7 Å². The first-order chi connectivity index (χ1) is 8.08. The maximum atomic E-state index is 10.8. The molecule has 1 aromatic rings. The van der Waals surface area contributed by atoms with Crippen LogP contribution in [-0.2, 0) is 11.3 Å². The number of nitrogens with one attached hydrogen (secondary N) is 1. The molecule has 8 heteroatoms. The molecule has 0 radical (unpaired) electrons. The van der Waals surface area contributed by atoms with Gasteiger partial charge in [-0.25, -0.2) is 5.43 Å². The summed E-state index contributed by atoms with van der Waals surface area (Å²) in [6.07, 6.45) is 0. The van der Waals surface area contributed by atoms with E-state index in [1.54, 1.807) is 9.47 Å². The summed E-state index contributed by atoms with van der Waals surface area (Å²) in [6.45, 7) is 2.55. The Morgan fingerprint density at radius 1 is 1.53 bits per heavy atom. The molecule has 1 amide bonds. The first-order valence-corrected chi connectivity index (χ1v) is 5.17. The van der Waals surface area contributed by atoms with Crippen LogP contribution in [0.1, 0.15) is 6.92 Å². The van der Waals surface area contributed by atoms with E-state index in [9.17, 15) is 4.79 Å². The van der Waals surface area contributed by atoms with Crippen molar-refractivity contribution in [1.82, 2.24) is 20.0 Å². The fourth-order valence-corrected chi connectivity index (χ4v) is 1.35. The van der Waals surface area contributed by atoms with Crippen LogP contribution in [0.4, 0.5) is 5.95 Å². The van der Waals surface area contributed by atoms with Gasteiger partial charge < -0.3 is 9.64 Å². The number of rotatable bonds is 2. The second-order valence-corrected chi connectivity index (χ2v) is 3.78. The number of carbonyl (C=O) groups excluding carboxylic acids is 1. The van der Waals surface area contributed by atoms with Gasteiger partial charge in [-0.2, -0.15) is 9.97 Å². The monoisotopic (exact) mass is 238 g/mol. The van der Waals surface area contributed by atoms with E-state index < -0.39 is 0 Å². The van der Waals surface area contributed by atoms with E-state index in [0.29, 0.717) is 30.7 Å². The molecule has 0 saturated carbocycles. The number of aromatic nitrogens is 3. The van der Waals surface area contributed by atoms with E-state index in [4.69, 9.17) is 4.74 Å². The predicted molar refractivity (Wildman–Crippen MR) is 59.2 cm³/mol. The molecule has 1 aliphatic heterocycles. The summed E-state index contributed by atoms with van der Waals surface area (Å²) in [7, 11) is 3.65. The summed E-state index contributed by atoms with van der Waals surface area (Å²) in [5.41, 5.74) is 2.74. The largest absolute Gasteiger partial charge is 0.463 e. The SMILES string of the molecule is CC(=O)N/N=c1/nc(N(C)C)nc2n1CCO2. The van der Waals surface area contributed by atoms with Crippen molar-refractivity contribution in [2.75, 3.05) is 25.6 Å². The number of hydrogen-bond acceptors (Lipinski definition) is 6. The van der Waals surface area contributed by atoms with Gasteiger partial charge in [0.05, 0.1) is 6.54 Å². The van der Waals surface area contributed by atoms with Gasteiger partial charge in [0.25, 0.3) is 5.62 Å². The molecule has 1 aromatic heterocycles. The molecule has 0 spiro atoms. The van der Waals surface area contributed by atoms with Crippen LogP contribution in [-0.4, -0.2) is 41.1 Å². The molecule has 1 aliphatic rings. The molecule has 2 heterocycles. The summed E-state index contributed by atoms with van der Waals surface area (Å²) in [4.78, 5) is 21.0. The smallest absolute Gasteiger partial charge is 0.302 e. The minimum atomic E-state index is -0.247. The number of carbonyl (C=O) groups is 1. The van der Waals surface area contributed by atoms with Gasteiger partial charge in [0, 0.05) is 21.0 Å². The normalized spacial score (nSPS) is 14.2. The molecule has 1 N–H and O–H groups in total. The predicted octanol–water partition coefficient (Wildman–Crippen LogP) is -1.31. The summed E-state index contributed by atoms with van der Waals surface area (Å²) in [6, 6.07) is 0.466. The van der Waals surface area contributed by atoms with Gasteiger partial charge in [0.15, 0.2) is 0 Å². The third-order valence-corrected chi connectivity index (χ3v) is 2.13. The highest BCUT2D eigenvalue weighted by Gasteiger charge is 2.16. The number of fused-ring (bicyclic) bond motifs is 1. The summed E-state index contributed by atoms with van der Waals surface area (Å²) in [5.74, 6) is 0.241. The zero-order chi connectivity index (χ0) is 12.4. The summed E-state index contributed by atoms with van der Waals surface area (Å²) < 4.78 is 7.06. The zero-order valence-electron chi connectivity index (χ0n) is 9.97. The topological polar surface area (TPSA) is 84.6 Å². The Bertz CT molecular complexity index is 507. The van der Waals surface area contributed by atoms with Crippen molar-refractivity contribution >= 4 is 11.9 Å². The van der Waals surface area contributed by atoms with Crippen molar-refractivity contribution in [1.29, 1.82) is 0 Å². The lowest BCUT2D eigenvalue weighted by Gasteiger charge is -2.11. The van der Waals surface area contributed by atoms with Crippen molar-refractivity contribution < 1.29 is 9.53 Å². The molecule has 0 aliphatic carbocycles. The van der Waals surface area contributed by atoms with Crippen LogP contribution in [0.3, 0.4) is 0 Å². The lowest BCUT2D eigenvalue weighted by molar-refractivity contribution is -0.119. The maximum absolute atomic E-state index is 10.8. The molecular formula is C9H14N6O2. The second kappa shape index (κ2) is 4.40. The van der Waals surface area contributed by atoms with Crippen LogP contribution in [0, 0.1) is 0 Å². The first-order valence-electron chi connectivity index (χ1n) is 5.17. The number of ether oxygens (including phenoxy) is 1. The Morgan fingerprint density at radius 3 is 2.94 bits per heavy atom. The highest BCUT2D eigenvalue weighted by Crippen LogP contribution is 2.12. The molecule has 17 heavy (non-hydrogen) atoms. The fraction of sp³-hybridized carbons (Fsp3) is 0.556. The van der Waals surface area contributed by atoms with E-state index in [1.165, 1.54) is 6.92 Å². The Hall–Kier alpha value is -2.12. The molecule has 0 saturated heterocycles. The summed E-state index contributed by atoms with van der Waals surface area (Å²) in [5, 5.41) is 3.93. The molecule has 92 valence electrons. The molecule has 2 rings (SSSR count).